The largest absolute Gasteiger partial charge is 0.454 e. The zero-order valence-corrected chi connectivity index (χ0v) is 16.6. The lowest BCUT2D eigenvalue weighted by Crippen LogP contribution is -2.27. The Balaban J connectivity index is 1.79. The highest BCUT2D eigenvalue weighted by Gasteiger charge is 2.26. The summed E-state index contributed by atoms with van der Waals surface area (Å²) in [5.74, 6) is 0.132. The summed E-state index contributed by atoms with van der Waals surface area (Å²) in [6.07, 6.45) is 0. The average molecular weight is 455 g/mol. The molecule has 0 saturated heterocycles. The second-order valence-corrected chi connectivity index (χ2v) is 7.12. The molecule has 0 amide bonds. The summed E-state index contributed by atoms with van der Waals surface area (Å²) in [7, 11) is 0. The van der Waals surface area contributed by atoms with Crippen molar-refractivity contribution < 1.29 is 14.4 Å². The number of nitrogens with two attached hydrogens (primary N) is 1. The fourth-order valence-corrected chi connectivity index (χ4v) is 3.47. The normalized spacial score (nSPS) is 12.3. The third kappa shape index (κ3) is 3.01. The molecule has 2 aromatic heterocycles. The van der Waals surface area contributed by atoms with Crippen LogP contribution in [0.3, 0.4) is 0 Å². The van der Waals surface area contributed by atoms with E-state index in [0.29, 0.717) is 10.7 Å². The first-order valence-electron chi connectivity index (χ1n) is 9.00. The SMILES string of the molecule is Nc1c2nc(-c3cc4c(cc3[N+](=O)[O-])OCO4)[nH]c(=O)c2nc(=O)n1-c1ccc(Cl)cc1. The van der Waals surface area contributed by atoms with Crippen molar-refractivity contribution >= 4 is 34.1 Å². The topological polar surface area (TPSA) is 168 Å². The predicted molar refractivity (Wildman–Crippen MR) is 113 cm³/mol. The molecule has 0 radical (unpaired) electrons. The van der Waals surface area contributed by atoms with Gasteiger partial charge in [-0.25, -0.2) is 14.3 Å². The van der Waals surface area contributed by atoms with Gasteiger partial charge in [-0.15, -0.1) is 0 Å². The average Bonchev–Trinajstić information content (AvgIpc) is 3.22. The van der Waals surface area contributed by atoms with Crippen LogP contribution in [0.4, 0.5) is 11.5 Å². The molecule has 0 aliphatic carbocycles. The Hall–Kier alpha value is -4.45. The first-order chi connectivity index (χ1) is 15.3. The number of nitrogens with one attached hydrogen (secondary N) is 1. The number of aromatic nitrogens is 4. The van der Waals surface area contributed by atoms with E-state index in [4.69, 9.17) is 26.8 Å². The number of nitro benzene ring substituents is 1. The maximum Gasteiger partial charge on any atom is 0.354 e. The molecule has 0 spiro atoms. The van der Waals surface area contributed by atoms with Crippen molar-refractivity contribution in [3.05, 3.63) is 72.4 Å². The van der Waals surface area contributed by atoms with Crippen LogP contribution in [0.2, 0.25) is 5.02 Å². The van der Waals surface area contributed by atoms with Crippen LogP contribution >= 0.6 is 11.6 Å². The summed E-state index contributed by atoms with van der Waals surface area (Å²) in [5.41, 5.74) is 4.15. The summed E-state index contributed by atoms with van der Waals surface area (Å²) in [5, 5.41) is 12.1. The number of fused-ring (bicyclic) bond motifs is 2. The number of rotatable bonds is 3. The van der Waals surface area contributed by atoms with Gasteiger partial charge in [0, 0.05) is 11.1 Å². The van der Waals surface area contributed by atoms with Crippen molar-refractivity contribution in [1.82, 2.24) is 19.5 Å². The van der Waals surface area contributed by atoms with Gasteiger partial charge in [0.05, 0.1) is 22.2 Å². The number of anilines is 1. The Labute approximate surface area is 182 Å². The Morgan fingerprint density at radius 2 is 1.78 bits per heavy atom. The monoisotopic (exact) mass is 454 g/mol. The molecule has 160 valence electrons. The van der Waals surface area contributed by atoms with Gasteiger partial charge in [0.2, 0.25) is 6.79 Å². The number of hydrogen-bond acceptors (Lipinski definition) is 9. The number of nitrogen functional groups attached to an aromatic ring is 1. The van der Waals surface area contributed by atoms with Crippen molar-refractivity contribution in [1.29, 1.82) is 0 Å². The predicted octanol–water partition coefficient (Wildman–Crippen LogP) is 2.01. The number of H-pyrrole nitrogens is 1. The minimum Gasteiger partial charge on any atom is -0.454 e. The van der Waals surface area contributed by atoms with E-state index >= 15 is 0 Å². The third-order valence-corrected chi connectivity index (χ3v) is 5.06. The first-order valence-corrected chi connectivity index (χ1v) is 9.38. The van der Waals surface area contributed by atoms with Crippen LogP contribution in [0.1, 0.15) is 0 Å². The number of nitro groups is 1. The van der Waals surface area contributed by atoms with Crippen LogP contribution in [0.5, 0.6) is 11.5 Å². The molecule has 0 atom stereocenters. The lowest BCUT2D eigenvalue weighted by atomic mass is 10.1. The van der Waals surface area contributed by atoms with Crippen LogP contribution in [-0.2, 0) is 0 Å². The fraction of sp³-hybridized carbons (Fsp3) is 0.0526. The van der Waals surface area contributed by atoms with Gasteiger partial charge in [-0.1, -0.05) is 11.6 Å². The Morgan fingerprint density at radius 3 is 2.47 bits per heavy atom. The number of aromatic amines is 1. The van der Waals surface area contributed by atoms with E-state index in [2.05, 4.69) is 15.0 Å². The number of ether oxygens (including phenoxy) is 2. The van der Waals surface area contributed by atoms with Gasteiger partial charge in [0.15, 0.2) is 17.0 Å². The second-order valence-electron chi connectivity index (χ2n) is 6.68. The Morgan fingerprint density at radius 1 is 1.09 bits per heavy atom. The lowest BCUT2D eigenvalue weighted by molar-refractivity contribution is -0.384. The molecule has 0 fully saturated rings. The van der Waals surface area contributed by atoms with Crippen LogP contribution in [0.15, 0.2) is 46.0 Å². The molecule has 12 nitrogen and oxygen atoms in total. The maximum atomic E-state index is 12.7. The van der Waals surface area contributed by atoms with Gasteiger partial charge < -0.3 is 20.2 Å². The van der Waals surface area contributed by atoms with E-state index in [-0.39, 0.29) is 52.2 Å². The molecular formula is C19H11ClN6O6. The first kappa shape index (κ1) is 19.5. The third-order valence-electron chi connectivity index (χ3n) is 4.80. The molecule has 13 heteroatoms. The number of halogens is 1. The number of nitrogens with zero attached hydrogens (tertiary/aromatic N) is 4. The summed E-state index contributed by atoms with van der Waals surface area (Å²) in [6, 6.07) is 8.72. The van der Waals surface area contributed by atoms with E-state index in [1.54, 1.807) is 24.3 Å². The smallest absolute Gasteiger partial charge is 0.354 e. The highest BCUT2D eigenvalue weighted by molar-refractivity contribution is 6.30. The molecule has 0 unspecified atom stereocenters. The quantitative estimate of drug-likeness (QED) is 0.347. The second kappa shape index (κ2) is 7.06. The molecule has 1 aliphatic rings. The molecule has 3 N–H and O–H groups in total. The molecule has 5 rings (SSSR count). The minimum atomic E-state index is -0.800. The molecule has 0 saturated carbocycles. The Bertz CT molecular complexity index is 1550. The van der Waals surface area contributed by atoms with Crippen molar-refractivity contribution in [2.24, 2.45) is 0 Å². The zero-order chi connectivity index (χ0) is 22.6. The highest BCUT2D eigenvalue weighted by atomic mass is 35.5. The van der Waals surface area contributed by atoms with Crippen LogP contribution in [0, 0.1) is 10.1 Å². The van der Waals surface area contributed by atoms with Gasteiger partial charge >= 0.3 is 5.69 Å². The summed E-state index contributed by atoms with van der Waals surface area (Å²) in [6.45, 7) is -0.0954. The van der Waals surface area contributed by atoms with E-state index in [1.807, 2.05) is 0 Å². The summed E-state index contributed by atoms with van der Waals surface area (Å²) < 4.78 is 11.5. The van der Waals surface area contributed by atoms with E-state index in [9.17, 15) is 19.7 Å². The standard InChI is InChI=1S/C19H11ClN6O6/c20-8-1-3-9(4-2-8)25-16(21)14-15(23-19(25)28)18(27)24-17(22-14)10-5-12-13(32-7-31-12)6-11(10)26(29)30/h1-6H,7,21H2,(H,22,24,27). The molecule has 3 heterocycles. The van der Waals surface area contributed by atoms with Crippen LogP contribution < -0.4 is 26.5 Å². The van der Waals surface area contributed by atoms with Crippen LogP contribution in [0.25, 0.3) is 28.1 Å². The summed E-state index contributed by atoms with van der Waals surface area (Å²) >= 11 is 5.90. The maximum absolute atomic E-state index is 12.7. The minimum absolute atomic E-state index is 0.0260. The van der Waals surface area contributed by atoms with E-state index in [1.165, 1.54) is 12.1 Å². The van der Waals surface area contributed by atoms with Gasteiger partial charge in [-0.05, 0) is 24.3 Å². The van der Waals surface area contributed by atoms with Gasteiger partial charge in [0.25, 0.3) is 11.2 Å². The molecule has 4 aromatic rings. The van der Waals surface area contributed by atoms with Crippen molar-refractivity contribution in [3.63, 3.8) is 0 Å². The fourth-order valence-electron chi connectivity index (χ4n) is 3.34. The zero-order valence-electron chi connectivity index (χ0n) is 15.9. The van der Waals surface area contributed by atoms with Crippen LogP contribution in [-0.4, -0.2) is 31.2 Å². The van der Waals surface area contributed by atoms with Crippen molar-refractivity contribution in [2.45, 2.75) is 0 Å². The van der Waals surface area contributed by atoms with Gasteiger partial charge in [0.1, 0.15) is 17.2 Å². The molecule has 1 aliphatic heterocycles. The van der Waals surface area contributed by atoms with Gasteiger partial charge in [-0.3, -0.25) is 14.9 Å². The van der Waals surface area contributed by atoms with E-state index < -0.39 is 16.2 Å². The van der Waals surface area contributed by atoms with Crippen molar-refractivity contribution in [3.8, 4) is 28.6 Å². The molecular weight excluding hydrogens is 444 g/mol. The molecule has 2 aromatic carbocycles. The van der Waals surface area contributed by atoms with E-state index in [0.717, 1.165) is 4.57 Å². The highest BCUT2D eigenvalue weighted by Crippen LogP contribution is 2.41. The lowest BCUT2D eigenvalue weighted by Gasteiger charge is -2.11. The van der Waals surface area contributed by atoms with Crippen molar-refractivity contribution in [2.75, 3.05) is 12.5 Å². The molecule has 32 heavy (non-hydrogen) atoms. The Kier molecular flexibility index (Phi) is 4.30. The number of benzene rings is 2. The summed E-state index contributed by atoms with van der Waals surface area (Å²) in [4.78, 5) is 46.7. The molecule has 0 bridgehead atoms. The van der Waals surface area contributed by atoms with Gasteiger partial charge in [-0.2, -0.15) is 4.98 Å². The number of hydrogen-bond donors (Lipinski definition) is 2.